The van der Waals surface area contributed by atoms with Crippen LogP contribution in [0.4, 0.5) is 11.4 Å². The molecule has 1 saturated heterocycles. The summed E-state index contributed by atoms with van der Waals surface area (Å²) in [4.78, 5) is 26.3. The molecular weight excluding hydrogens is 438 g/mol. The number of nitrogens with zero attached hydrogens (tertiary/aromatic N) is 2. The number of benzene rings is 3. The van der Waals surface area contributed by atoms with Crippen LogP contribution in [0.1, 0.15) is 27.6 Å². The number of piperazine rings is 1. The summed E-state index contributed by atoms with van der Waals surface area (Å²) in [5, 5.41) is 2.74. The van der Waals surface area contributed by atoms with Crippen LogP contribution in [-0.4, -0.2) is 50.6 Å². The van der Waals surface area contributed by atoms with Gasteiger partial charge in [0.25, 0.3) is 5.91 Å². The van der Waals surface area contributed by atoms with Crippen molar-refractivity contribution in [1.82, 2.24) is 4.31 Å². The number of sulfonamides is 1. The summed E-state index contributed by atoms with van der Waals surface area (Å²) in [6.45, 7) is 3.41. The average molecular weight is 464 g/mol. The van der Waals surface area contributed by atoms with Crippen LogP contribution >= 0.6 is 0 Å². The highest BCUT2D eigenvalue weighted by Crippen LogP contribution is 2.22. The zero-order valence-electron chi connectivity index (χ0n) is 18.3. The smallest absolute Gasteiger partial charge is 0.255 e. The van der Waals surface area contributed by atoms with E-state index < -0.39 is 15.9 Å². The maximum Gasteiger partial charge on any atom is 0.255 e. The van der Waals surface area contributed by atoms with Crippen LogP contribution in [0.3, 0.4) is 0 Å². The first-order valence-electron chi connectivity index (χ1n) is 10.7. The van der Waals surface area contributed by atoms with Gasteiger partial charge in [-0.2, -0.15) is 4.31 Å². The molecule has 0 radical (unpaired) electrons. The van der Waals surface area contributed by atoms with Gasteiger partial charge in [0.1, 0.15) is 0 Å². The molecule has 0 aromatic heterocycles. The van der Waals surface area contributed by atoms with Crippen LogP contribution in [0, 0.1) is 0 Å². The number of anilines is 2. The van der Waals surface area contributed by atoms with E-state index in [2.05, 4.69) is 10.2 Å². The Morgan fingerprint density at radius 3 is 2.09 bits per heavy atom. The van der Waals surface area contributed by atoms with Gasteiger partial charge in [0.05, 0.1) is 4.90 Å². The van der Waals surface area contributed by atoms with Gasteiger partial charge in [-0.05, 0) is 61.5 Å². The third kappa shape index (κ3) is 5.13. The Labute approximate surface area is 193 Å². The van der Waals surface area contributed by atoms with Crippen molar-refractivity contribution in [1.29, 1.82) is 0 Å². The topological polar surface area (TPSA) is 86.8 Å². The van der Waals surface area contributed by atoms with E-state index in [9.17, 15) is 18.0 Å². The molecule has 170 valence electrons. The van der Waals surface area contributed by atoms with Crippen molar-refractivity contribution in [2.45, 2.75) is 11.8 Å². The lowest BCUT2D eigenvalue weighted by atomic mass is 10.1. The molecule has 0 bridgehead atoms. The highest BCUT2D eigenvalue weighted by molar-refractivity contribution is 7.89. The van der Waals surface area contributed by atoms with Crippen molar-refractivity contribution >= 4 is 33.1 Å². The van der Waals surface area contributed by atoms with Crippen LogP contribution in [0.25, 0.3) is 0 Å². The van der Waals surface area contributed by atoms with E-state index >= 15 is 0 Å². The minimum Gasteiger partial charge on any atom is -0.369 e. The summed E-state index contributed by atoms with van der Waals surface area (Å²) < 4.78 is 27.9. The number of nitrogens with one attached hydrogen (secondary N) is 1. The zero-order chi connectivity index (χ0) is 23.4. The van der Waals surface area contributed by atoms with Crippen LogP contribution in [0.5, 0.6) is 0 Å². The first-order chi connectivity index (χ1) is 15.8. The van der Waals surface area contributed by atoms with Crippen molar-refractivity contribution in [3.05, 3.63) is 90.0 Å². The predicted octanol–water partition coefficient (Wildman–Crippen LogP) is 3.65. The monoisotopic (exact) mass is 463 g/mol. The summed E-state index contributed by atoms with van der Waals surface area (Å²) in [5.41, 5.74) is 2.39. The Kier molecular flexibility index (Phi) is 6.57. The molecule has 1 aliphatic rings. The van der Waals surface area contributed by atoms with Crippen molar-refractivity contribution in [2.75, 3.05) is 36.4 Å². The standard InChI is InChI=1S/C25H25N3O4S/c1-19(29)20-10-12-22(13-11-20)26-25(30)21-6-5-9-24(18-21)33(31,32)28-16-14-27(15-17-28)23-7-3-2-4-8-23/h2-13,18H,14-17H2,1H3,(H,26,30). The van der Waals surface area contributed by atoms with Crippen LogP contribution < -0.4 is 10.2 Å². The van der Waals surface area contributed by atoms with E-state index in [1.54, 1.807) is 36.4 Å². The van der Waals surface area contributed by atoms with E-state index in [0.717, 1.165) is 5.69 Å². The van der Waals surface area contributed by atoms with Gasteiger partial charge in [-0.15, -0.1) is 0 Å². The third-order valence-corrected chi connectivity index (χ3v) is 7.54. The molecule has 0 spiro atoms. The molecule has 0 atom stereocenters. The summed E-state index contributed by atoms with van der Waals surface area (Å²) in [7, 11) is -3.72. The van der Waals surface area contributed by atoms with E-state index in [1.165, 1.54) is 23.4 Å². The van der Waals surface area contributed by atoms with Crippen molar-refractivity contribution in [2.24, 2.45) is 0 Å². The normalized spacial score (nSPS) is 14.6. The van der Waals surface area contributed by atoms with Crippen molar-refractivity contribution in [3.8, 4) is 0 Å². The van der Waals surface area contributed by atoms with E-state index in [4.69, 9.17) is 0 Å². The fourth-order valence-corrected chi connectivity index (χ4v) is 5.23. The molecule has 1 amide bonds. The average Bonchev–Trinajstić information content (AvgIpc) is 2.85. The first kappa shape index (κ1) is 22.7. The number of rotatable bonds is 6. The summed E-state index contributed by atoms with van der Waals surface area (Å²) in [5.74, 6) is -0.480. The molecule has 4 rings (SSSR count). The number of hydrogen-bond acceptors (Lipinski definition) is 5. The van der Waals surface area contributed by atoms with E-state index in [1.807, 2.05) is 30.3 Å². The number of ketones is 1. The second-order valence-corrected chi connectivity index (χ2v) is 9.78. The molecule has 3 aromatic rings. The minimum atomic E-state index is -3.72. The second kappa shape index (κ2) is 9.56. The molecule has 3 aromatic carbocycles. The van der Waals surface area contributed by atoms with Crippen LogP contribution in [0.2, 0.25) is 0 Å². The van der Waals surface area contributed by atoms with Gasteiger partial charge >= 0.3 is 0 Å². The highest BCUT2D eigenvalue weighted by Gasteiger charge is 2.29. The Morgan fingerprint density at radius 2 is 1.45 bits per heavy atom. The Bertz CT molecular complexity index is 1250. The number of Topliss-reactive ketones (excluding diaryl/α,β-unsaturated/α-hetero) is 1. The molecule has 8 heteroatoms. The number of para-hydroxylation sites is 1. The van der Waals surface area contributed by atoms with Gasteiger partial charge in [-0.25, -0.2) is 8.42 Å². The molecular formula is C25H25N3O4S. The molecule has 1 aliphatic heterocycles. The van der Waals surface area contributed by atoms with Gasteiger partial charge in [0, 0.05) is 48.7 Å². The predicted molar refractivity (Wildman–Crippen MR) is 128 cm³/mol. The fourth-order valence-electron chi connectivity index (χ4n) is 3.76. The zero-order valence-corrected chi connectivity index (χ0v) is 19.1. The maximum atomic E-state index is 13.2. The SMILES string of the molecule is CC(=O)c1ccc(NC(=O)c2cccc(S(=O)(=O)N3CCN(c4ccccc4)CC3)c2)cc1. The Hall–Kier alpha value is -3.49. The molecule has 7 nitrogen and oxygen atoms in total. The van der Waals surface area contributed by atoms with Crippen LogP contribution in [0.15, 0.2) is 83.8 Å². The minimum absolute atomic E-state index is 0.0598. The van der Waals surface area contributed by atoms with E-state index in [-0.39, 0.29) is 16.2 Å². The van der Waals surface area contributed by atoms with Crippen molar-refractivity contribution in [3.63, 3.8) is 0 Å². The van der Waals surface area contributed by atoms with Crippen LogP contribution in [-0.2, 0) is 10.0 Å². The summed E-state index contributed by atoms with van der Waals surface area (Å²) in [6.07, 6.45) is 0. The highest BCUT2D eigenvalue weighted by atomic mass is 32.2. The molecule has 0 saturated carbocycles. The first-order valence-corrected chi connectivity index (χ1v) is 12.1. The quantitative estimate of drug-likeness (QED) is 0.564. The Balaban J connectivity index is 1.45. The number of carbonyl (C=O) groups is 2. The number of carbonyl (C=O) groups excluding carboxylic acids is 2. The maximum absolute atomic E-state index is 13.2. The largest absolute Gasteiger partial charge is 0.369 e. The van der Waals surface area contributed by atoms with Gasteiger partial charge in [-0.1, -0.05) is 24.3 Å². The molecule has 1 fully saturated rings. The molecule has 1 N–H and O–H groups in total. The molecule has 1 heterocycles. The lowest BCUT2D eigenvalue weighted by molar-refractivity contribution is 0.101. The third-order valence-electron chi connectivity index (χ3n) is 5.64. The fraction of sp³-hybridized carbons (Fsp3) is 0.200. The molecule has 0 aliphatic carbocycles. The number of hydrogen-bond donors (Lipinski definition) is 1. The lowest BCUT2D eigenvalue weighted by Gasteiger charge is -2.35. The second-order valence-electron chi connectivity index (χ2n) is 7.84. The van der Waals surface area contributed by atoms with Gasteiger partial charge in [0.15, 0.2) is 5.78 Å². The summed E-state index contributed by atoms with van der Waals surface area (Å²) in [6, 6.07) is 22.5. The van der Waals surface area contributed by atoms with Gasteiger partial charge in [0.2, 0.25) is 10.0 Å². The molecule has 33 heavy (non-hydrogen) atoms. The van der Waals surface area contributed by atoms with Gasteiger partial charge < -0.3 is 10.2 Å². The summed E-state index contributed by atoms with van der Waals surface area (Å²) >= 11 is 0. The van der Waals surface area contributed by atoms with Crippen molar-refractivity contribution < 1.29 is 18.0 Å². The van der Waals surface area contributed by atoms with E-state index in [0.29, 0.717) is 37.4 Å². The number of amides is 1. The Morgan fingerprint density at radius 1 is 0.788 bits per heavy atom. The molecule has 0 unspecified atom stereocenters. The lowest BCUT2D eigenvalue weighted by Crippen LogP contribution is -2.48. The van der Waals surface area contributed by atoms with Gasteiger partial charge in [-0.3, -0.25) is 9.59 Å².